The van der Waals surface area contributed by atoms with Gasteiger partial charge in [-0.3, -0.25) is 9.10 Å². The van der Waals surface area contributed by atoms with Crippen molar-refractivity contribution in [3.63, 3.8) is 0 Å². The van der Waals surface area contributed by atoms with Gasteiger partial charge in [-0.15, -0.1) is 0 Å². The number of rotatable bonds is 12. The van der Waals surface area contributed by atoms with Gasteiger partial charge in [0, 0.05) is 6.07 Å². The zero-order valence-corrected chi connectivity index (χ0v) is 21.2. The summed E-state index contributed by atoms with van der Waals surface area (Å²) in [5.74, 6) is 1.01. The van der Waals surface area contributed by atoms with Crippen LogP contribution in [0, 0.1) is 0 Å². The van der Waals surface area contributed by atoms with Gasteiger partial charge >= 0.3 is 0 Å². The van der Waals surface area contributed by atoms with Crippen LogP contribution in [-0.4, -0.2) is 47.4 Å². The first kappa shape index (κ1) is 26.6. The summed E-state index contributed by atoms with van der Waals surface area (Å²) in [5, 5.41) is 3.99. The van der Waals surface area contributed by atoms with Crippen molar-refractivity contribution in [1.82, 2.24) is 5.43 Å². The molecule has 0 unspecified atom stereocenters. The van der Waals surface area contributed by atoms with Crippen molar-refractivity contribution in [1.29, 1.82) is 0 Å². The molecule has 0 saturated heterocycles. The Bertz CT molecular complexity index is 1300. The molecule has 0 heterocycles. The number of hydrogen-bond acceptors (Lipinski definition) is 7. The Hall–Kier alpha value is -4.05. The number of methoxy groups -OCH3 is 1. The van der Waals surface area contributed by atoms with E-state index in [0.29, 0.717) is 36.0 Å². The van der Waals surface area contributed by atoms with E-state index in [-0.39, 0.29) is 10.6 Å². The van der Waals surface area contributed by atoms with E-state index in [0.717, 1.165) is 4.31 Å². The van der Waals surface area contributed by atoms with Crippen LogP contribution in [0.15, 0.2) is 82.8 Å². The number of hydrazone groups is 1. The van der Waals surface area contributed by atoms with Crippen molar-refractivity contribution in [3.8, 4) is 17.2 Å². The van der Waals surface area contributed by atoms with Crippen LogP contribution in [-0.2, 0) is 14.8 Å². The van der Waals surface area contributed by atoms with Gasteiger partial charge in [-0.2, -0.15) is 5.10 Å². The third-order valence-electron chi connectivity index (χ3n) is 4.93. The molecule has 0 radical (unpaired) electrons. The van der Waals surface area contributed by atoms with Crippen LogP contribution >= 0.6 is 0 Å². The summed E-state index contributed by atoms with van der Waals surface area (Å²) in [6, 6.07) is 19.7. The zero-order chi connectivity index (χ0) is 26.0. The first-order valence-electron chi connectivity index (χ1n) is 11.3. The predicted molar refractivity (Wildman–Crippen MR) is 138 cm³/mol. The molecule has 0 aliphatic carbocycles. The zero-order valence-electron chi connectivity index (χ0n) is 20.4. The second kappa shape index (κ2) is 12.6. The van der Waals surface area contributed by atoms with Crippen LogP contribution in [0.1, 0.15) is 19.4 Å². The van der Waals surface area contributed by atoms with E-state index in [9.17, 15) is 13.2 Å². The highest BCUT2D eigenvalue weighted by Gasteiger charge is 2.27. The third kappa shape index (κ3) is 6.76. The number of nitrogens with zero attached hydrogens (tertiary/aromatic N) is 2. The van der Waals surface area contributed by atoms with Gasteiger partial charge in [0.15, 0.2) is 11.5 Å². The lowest BCUT2D eigenvalue weighted by Gasteiger charge is -2.24. The highest BCUT2D eigenvalue weighted by atomic mass is 32.2. The van der Waals surface area contributed by atoms with E-state index in [1.165, 1.54) is 25.5 Å². The lowest BCUT2D eigenvalue weighted by atomic mass is 10.2. The lowest BCUT2D eigenvalue weighted by Crippen LogP contribution is -2.39. The van der Waals surface area contributed by atoms with Gasteiger partial charge in [0.1, 0.15) is 12.3 Å². The van der Waals surface area contributed by atoms with Crippen molar-refractivity contribution in [2.45, 2.75) is 18.7 Å². The highest BCUT2D eigenvalue weighted by molar-refractivity contribution is 7.92. The summed E-state index contributed by atoms with van der Waals surface area (Å²) in [5.41, 5.74) is 3.35. The SMILES string of the molecule is CCOc1ccc(/C=N\NC(=O)CN(c2cccc(OC)c2)S(=O)(=O)c2ccccc2)cc1OCC. The fraction of sp³-hybridized carbons (Fsp3) is 0.231. The quantitative estimate of drug-likeness (QED) is 0.293. The molecule has 0 fully saturated rings. The maximum atomic E-state index is 13.4. The molecule has 0 aliphatic heterocycles. The number of amides is 1. The Balaban J connectivity index is 1.80. The Kier molecular flexibility index (Phi) is 9.29. The lowest BCUT2D eigenvalue weighted by molar-refractivity contribution is -0.119. The molecule has 190 valence electrons. The summed E-state index contributed by atoms with van der Waals surface area (Å²) >= 11 is 0. The van der Waals surface area contributed by atoms with Crippen LogP contribution in [0.25, 0.3) is 0 Å². The second-order valence-corrected chi connectivity index (χ2v) is 9.25. The summed E-state index contributed by atoms with van der Waals surface area (Å²) in [7, 11) is -2.56. The average molecular weight is 512 g/mol. The van der Waals surface area contributed by atoms with Gasteiger partial charge in [-0.1, -0.05) is 24.3 Å². The van der Waals surface area contributed by atoms with E-state index in [4.69, 9.17) is 14.2 Å². The molecule has 0 atom stereocenters. The normalized spacial score (nSPS) is 11.2. The number of benzene rings is 3. The molecule has 10 heteroatoms. The molecule has 1 amide bonds. The monoisotopic (exact) mass is 511 g/mol. The largest absolute Gasteiger partial charge is 0.497 e. The minimum atomic E-state index is -4.04. The maximum Gasteiger partial charge on any atom is 0.264 e. The number of sulfonamides is 1. The topological polar surface area (TPSA) is 107 Å². The van der Waals surface area contributed by atoms with Gasteiger partial charge in [-0.25, -0.2) is 13.8 Å². The molecule has 0 aromatic heterocycles. The number of ether oxygens (including phenoxy) is 3. The maximum absolute atomic E-state index is 13.4. The van der Waals surface area contributed by atoms with Crippen LogP contribution in [0.3, 0.4) is 0 Å². The van der Waals surface area contributed by atoms with Crippen molar-refractivity contribution >= 4 is 27.8 Å². The third-order valence-corrected chi connectivity index (χ3v) is 6.72. The summed E-state index contributed by atoms with van der Waals surface area (Å²) in [6.45, 7) is 4.23. The number of carbonyl (C=O) groups is 1. The summed E-state index contributed by atoms with van der Waals surface area (Å²) < 4.78 is 44.2. The molecule has 0 saturated carbocycles. The van der Waals surface area contributed by atoms with E-state index in [2.05, 4.69) is 10.5 Å². The van der Waals surface area contributed by atoms with E-state index < -0.39 is 22.5 Å². The summed E-state index contributed by atoms with van der Waals surface area (Å²) in [4.78, 5) is 12.8. The van der Waals surface area contributed by atoms with Gasteiger partial charge < -0.3 is 14.2 Å². The van der Waals surface area contributed by atoms with E-state index >= 15 is 0 Å². The molecule has 9 nitrogen and oxygen atoms in total. The smallest absolute Gasteiger partial charge is 0.264 e. The first-order chi connectivity index (χ1) is 17.4. The number of carbonyl (C=O) groups excluding carboxylic acids is 1. The van der Waals surface area contributed by atoms with Gasteiger partial charge in [0.25, 0.3) is 15.9 Å². The second-order valence-electron chi connectivity index (χ2n) is 7.39. The fourth-order valence-electron chi connectivity index (χ4n) is 3.29. The molecular weight excluding hydrogens is 482 g/mol. The minimum Gasteiger partial charge on any atom is -0.497 e. The molecule has 1 N–H and O–H groups in total. The molecule has 3 aromatic rings. The first-order valence-corrected chi connectivity index (χ1v) is 12.8. The summed E-state index contributed by atoms with van der Waals surface area (Å²) in [6.07, 6.45) is 1.44. The number of hydrogen-bond donors (Lipinski definition) is 1. The van der Waals surface area contributed by atoms with Crippen LogP contribution < -0.4 is 23.9 Å². The Morgan fingerprint density at radius 1 is 0.944 bits per heavy atom. The Morgan fingerprint density at radius 2 is 1.67 bits per heavy atom. The number of nitrogens with one attached hydrogen (secondary N) is 1. The predicted octanol–water partition coefficient (Wildman–Crippen LogP) is 3.84. The van der Waals surface area contributed by atoms with Crippen molar-refractivity contribution < 1.29 is 27.4 Å². The molecule has 3 aromatic carbocycles. The standard InChI is InChI=1S/C26H29N3O6S/c1-4-34-24-15-14-20(16-25(24)35-5-2)18-27-28-26(30)19-29(21-10-9-11-22(17-21)33-3)36(31,32)23-12-7-6-8-13-23/h6-18H,4-5,19H2,1-3H3,(H,28,30)/b27-18-. The molecule has 0 aliphatic rings. The Labute approximate surface area is 211 Å². The molecular formula is C26H29N3O6S. The van der Waals surface area contributed by atoms with Gasteiger partial charge in [0.05, 0.1) is 37.1 Å². The molecule has 0 spiro atoms. The van der Waals surface area contributed by atoms with Crippen molar-refractivity contribution in [2.24, 2.45) is 5.10 Å². The van der Waals surface area contributed by atoms with Crippen LogP contribution in [0.4, 0.5) is 5.69 Å². The molecule has 36 heavy (non-hydrogen) atoms. The molecule has 3 rings (SSSR count). The minimum absolute atomic E-state index is 0.0574. The average Bonchev–Trinajstić information content (AvgIpc) is 2.89. The van der Waals surface area contributed by atoms with Crippen LogP contribution in [0.5, 0.6) is 17.2 Å². The van der Waals surface area contributed by atoms with E-state index in [1.54, 1.807) is 60.7 Å². The number of anilines is 1. The fourth-order valence-corrected chi connectivity index (χ4v) is 4.73. The van der Waals surface area contributed by atoms with Crippen molar-refractivity contribution in [2.75, 3.05) is 31.2 Å². The highest BCUT2D eigenvalue weighted by Crippen LogP contribution is 2.28. The van der Waals surface area contributed by atoms with Crippen molar-refractivity contribution in [3.05, 3.63) is 78.4 Å². The van der Waals surface area contributed by atoms with Gasteiger partial charge in [0.2, 0.25) is 0 Å². The van der Waals surface area contributed by atoms with Gasteiger partial charge in [-0.05, 0) is 61.9 Å². The Morgan fingerprint density at radius 3 is 2.36 bits per heavy atom. The van der Waals surface area contributed by atoms with Crippen LogP contribution in [0.2, 0.25) is 0 Å². The van der Waals surface area contributed by atoms with E-state index in [1.807, 2.05) is 13.8 Å². The molecule has 0 bridgehead atoms.